The van der Waals surface area contributed by atoms with Crippen LogP contribution in [0.25, 0.3) is 0 Å². The lowest BCUT2D eigenvalue weighted by Gasteiger charge is -2.15. The van der Waals surface area contributed by atoms with Crippen LogP contribution in [0.2, 0.25) is 0 Å². The second-order valence-corrected chi connectivity index (χ2v) is 6.77. The highest BCUT2D eigenvalue weighted by molar-refractivity contribution is 7.91. The second kappa shape index (κ2) is 7.99. The highest BCUT2D eigenvalue weighted by Crippen LogP contribution is 2.17. The van der Waals surface area contributed by atoms with E-state index in [-0.39, 0.29) is 10.6 Å². The van der Waals surface area contributed by atoms with Crippen molar-refractivity contribution in [2.24, 2.45) is 0 Å². The lowest BCUT2D eigenvalue weighted by atomic mass is 10.2. The fourth-order valence-electron chi connectivity index (χ4n) is 1.84. The van der Waals surface area contributed by atoms with E-state index in [2.05, 4.69) is 5.32 Å². The quantitative estimate of drug-likeness (QED) is 0.721. The summed E-state index contributed by atoms with van der Waals surface area (Å²) in [4.78, 5) is 11.4. The number of aliphatic carboxylic acids is 1. The molecule has 0 fully saturated rings. The van der Waals surface area contributed by atoms with Gasteiger partial charge in [0.25, 0.3) is 0 Å². The Bertz CT molecular complexity index is 553. The van der Waals surface area contributed by atoms with Crippen molar-refractivity contribution in [2.75, 3.05) is 24.8 Å². The standard InChI is InChI=1S/C14H21NO5S/c1-3-10-21(18,19)12-6-4-11(5-7-12)15-13(14(16)17)8-9-20-2/h4-7,13,15H,3,8-10H2,1-2H3,(H,16,17). The third-order valence-corrected chi connectivity index (χ3v) is 4.87. The lowest BCUT2D eigenvalue weighted by molar-refractivity contribution is -0.138. The van der Waals surface area contributed by atoms with Gasteiger partial charge in [0.2, 0.25) is 0 Å². The van der Waals surface area contributed by atoms with E-state index in [1.165, 1.54) is 19.2 Å². The van der Waals surface area contributed by atoms with Crippen molar-refractivity contribution in [3.8, 4) is 0 Å². The number of carbonyl (C=O) groups is 1. The van der Waals surface area contributed by atoms with Crippen LogP contribution >= 0.6 is 0 Å². The van der Waals surface area contributed by atoms with E-state index in [1.807, 2.05) is 0 Å². The highest BCUT2D eigenvalue weighted by Gasteiger charge is 2.17. The van der Waals surface area contributed by atoms with E-state index in [4.69, 9.17) is 9.84 Å². The molecule has 7 heteroatoms. The maximum absolute atomic E-state index is 11.9. The van der Waals surface area contributed by atoms with Crippen molar-refractivity contribution >= 4 is 21.5 Å². The molecule has 118 valence electrons. The van der Waals surface area contributed by atoms with E-state index >= 15 is 0 Å². The summed E-state index contributed by atoms with van der Waals surface area (Å²) in [5.41, 5.74) is 0.564. The molecule has 1 unspecified atom stereocenters. The minimum absolute atomic E-state index is 0.103. The van der Waals surface area contributed by atoms with Crippen molar-refractivity contribution in [3.05, 3.63) is 24.3 Å². The van der Waals surface area contributed by atoms with Crippen LogP contribution < -0.4 is 5.32 Å². The van der Waals surface area contributed by atoms with Crippen molar-refractivity contribution in [2.45, 2.75) is 30.7 Å². The Labute approximate surface area is 125 Å². The van der Waals surface area contributed by atoms with Crippen LogP contribution in [0.3, 0.4) is 0 Å². The molecule has 1 aromatic rings. The van der Waals surface area contributed by atoms with E-state index in [0.29, 0.717) is 25.1 Å². The summed E-state index contributed by atoms with van der Waals surface area (Å²) < 4.78 is 28.6. The maximum Gasteiger partial charge on any atom is 0.326 e. The molecule has 0 saturated carbocycles. The van der Waals surface area contributed by atoms with Gasteiger partial charge in [-0.3, -0.25) is 0 Å². The van der Waals surface area contributed by atoms with Crippen LogP contribution in [-0.4, -0.2) is 45.0 Å². The van der Waals surface area contributed by atoms with Gasteiger partial charge in [0.1, 0.15) is 6.04 Å². The molecule has 1 atom stereocenters. The third-order valence-electron chi connectivity index (χ3n) is 2.94. The Morgan fingerprint density at radius 3 is 2.43 bits per heavy atom. The number of sulfone groups is 1. The number of hydrogen-bond acceptors (Lipinski definition) is 5. The molecule has 1 aromatic carbocycles. The van der Waals surface area contributed by atoms with Crippen molar-refractivity contribution in [3.63, 3.8) is 0 Å². The molecule has 0 aliphatic carbocycles. The van der Waals surface area contributed by atoms with Crippen LogP contribution in [-0.2, 0) is 19.4 Å². The van der Waals surface area contributed by atoms with Gasteiger partial charge < -0.3 is 15.2 Å². The summed E-state index contributed by atoms with van der Waals surface area (Å²) in [5.74, 6) is -0.875. The lowest BCUT2D eigenvalue weighted by Crippen LogP contribution is -2.30. The number of carboxylic acid groups (broad SMARTS) is 1. The summed E-state index contributed by atoms with van der Waals surface area (Å²) in [7, 11) is -1.74. The molecule has 0 spiro atoms. The van der Waals surface area contributed by atoms with Gasteiger partial charge in [0.15, 0.2) is 9.84 Å². The van der Waals surface area contributed by atoms with Gasteiger partial charge in [-0.1, -0.05) is 6.92 Å². The fourth-order valence-corrected chi connectivity index (χ4v) is 3.16. The second-order valence-electron chi connectivity index (χ2n) is 4.66. The van der Waals surface area contributed by atoms with Crippen molar-refractivity contribution < 1.29 is 23.1 Å². The minimum Gasteiger partial charge on any atom is -0.480 e. The molecule has 0 amide bonds. The number of carboxylic acids is 1. The molecule has 0 bridgehead atoms. The largest absolute Gasteiger partial charge is 0.480 e. The van der Waals surface area contributed by atoms with E-state index in [9.17, 15) is 13.2 Å². The molecule has 6 nitrogen and oxygen atoms in total. The van der Waals surface area contributed by atoms with Crippen LogP contribution in [0, 0.1) is 0 Å². The van der Waals surface area contributed by atoms with E-state index < -0.39 is 21.8 Å². The Balaban J connectivity index is 2.80. The zero-order valence-corrected chi connectivity index (χ0v) is 13.0. The first-order valence-corrected chi connectivity index (χ1v) is 8.37. The molecule has 0 radical (unpaired) electrons. The predicted molar refractivity (Wildman–Crippen MR) is 80.3 cm³/mol. The average Bonchev–Trinajstić information content (AvgIpc) is 2.43. The van der Waals surface area contributed by atoms with Gasteiger partial charge >= 0.3 is 5.97 Å². The molecular weight excluding hydrogens is 294 g/mol. The summed E-state index contributed by atoms with van der Waals surface area (Å²) in [6.45, 7) is 2.13. The molecule has 0 aliphatic heterocycles. The summed E-state index contributed by atoms with van der Waals surface area (Å²) in [5, 5.41) is 12.0. The zero-order chi connectivity index (χ0) is 15.9. The van der Waals surface area contributed by atoms with Gasteiger partial charge in [0, 0.05) is 25.8 Å². The van der Waals surface area contributed by atoms with Gasteiger partial charge in [-0.15, -0.1) is 0 Å². The van der Waals surface area contributed by atoms with Gasteiger partial charge in [-0.2, -0.15) is 0 Å². The number of hydrogen-bond donors (Lipinski definition) is 2. The summed E-state index contributed by atoms with van der Waals surface area (Å²) in [6.07, 6.45) is 0.877. The molecule has 0 saturated heterocycles. The Kier molecular flexibility index (Phi) is 6.64. The number of methoxy groups -OCH3 is 1. The van der Waals surface area contributed by atoms with Crippen LogP contribution in [0.15, 0.2) is 29.2 Å². The number of benzene rings is 1. The van der Waals surface area contributed by atoms with Crippen LogP contribution in [0.4, 0.5) is 5.69 Å². The monoisotopic (exact) mass is 315 g/mol. The Hall–Kier alpha value is -1.60. The first-order chi connectivity index (χ1) is 9.90. The normalized spacial score (nSPS) is 12.9. The Morgan fingerprint density at radius 2 is 1.95 bits per heavy atom. The summed E-state index contributed by atoms with van der Waals surface area (Å²) in [6, 6.07) is 5.35. The average molecular weight is 315 g/mol. The third kappa shape index (κ3) is 5.35. The van der Waals surface area contributed by atoms with Crippen molar-refractivity contribution in [1.29, 1.82) is 0 Å². The first-order valence-electron chi connectivity index (χ1n) is 6.71. The predicted octanol–water partition coefficient (Wildman–Crippen LogP) is 1.77. The number of rotatable bonds is 9. The van der Waals surface area contributed by atoms with Crippen molar-refractivity contribution in [1.82, 2.24) is 0 Å². The first kappa shape index (κ1) is 17.5. The van der Waals surface area contributed by atoms with E-state index in [1.54, 1.807) is 19.1 Å². The zero-order valence-electron chi connectivity index (χ0n) is 12.2. The van der Waals surface area contributed by atoms with Gasteiger partial charge in [-0.25, -0.2) is 13.2 Å². The molecule has 0 aromatic heterocycles. The maximum atomic E-state index is 11.9. The molecular formula is C14H21NO5S. The fraction of sp³-hybridized carbons (Fsp3) is 0.500. The SMILES string of the molecule is CCCS(=O)(=O)c1ccc(NC(CCOC)C(=O)O)cc1. The van der Waals surface area contributed by atoms with E-state index in [0.717, 1.165) is 0 Å². The number of nitrogens with one attached hydrogen (secondary N) is 1. The van der Waals surface area contributed by atoms with Gasteiger partial charge in [-0.05, 0) is 30.7 Å². The van der Waals surface area contributed by atoms with Crippen LogP contribution in [0.5, 0.6) is 0 Å². The molecule has 0 heterocycles. The Morgan fingerprint density at radius 1 is 1.33 bits per heavy atom. The van der Waals surface area contributed by atoms with Crippen LogP contribution in [0.1, 0.15) is 19.8 Å². The molecule has 0 aliphatic rings. The minimum atomic E-state index is -3.25. The van der Waals surface area contributed by atoms with Gasteiger partial charge in [0.05, 0.1) is 10.6 Å². The number of anilines is 1. The smallest absolute Gasteiger partial charge is 0.326 e. The summed E-state index contributed by atoms with van der Waals surface area (Å²) >= 11 is 0. The molecule has 21 heavy (non-hydrogen) atoms. The molecule has 1 rings (SSSR count). The number of ether oxygens (including phenoxy) is 1. The highest BCUT2D eigenvalue weighted by atomic mass is 32.2. The topological polar surface area (TPSA) is 92.7 Å². The molecule has 2 N–H and O–H groups in total.